The van der Waals surface area contributed by atoms with E-state index in [0.717, 1.165) is 64.7 Å². The topological polar surface area (TPSA) is 66.4 Å². The third-order valence-corrected chi connectivity index (χ3v) is 6.20. The predicted molar refractivity (Wildman–Crippen MR) is 128 cm³/mol. The highest BCUT2D eigenvalue weighted by Gasteiger charge is 2.30. The minimum atomic E-state index is -0.0498. The number of rotatable bonds is 8. The first-order valence-electron chi connectivity index (χ1n) is 11.1. The summed E-state index contributed by atoms with van der Waals surface area (Å²) in [7, 11) is 1.85. The number of guanidine groups is 1. The van der Waals surface area contributed by atoms with Crippen LogP contribution in [0.15, 0.2) is 4.99 Å². The van der Waals surface area contributed by atoms with E-state index in [4.69, 9.17) is 9.47 Å². The summed E-state index contributed by atoms with van der Waals surface area (Å²) in [6.07, 6.45) is 4.03. The van der Waals surface area contributed by atoms with Gasteiger partial charge in [0.05, 0.1) is 25.7 Å². The summed E-state index contributed by atoms with van der Waals surface area (Å²) < 4.78 is 10.7. The Morgan fingerprint density at radius 1 is 1.14 bits per heavy atom. The summed E-state index contributed by atoms with van der Waals surface area (Å²) in [5.41, 5.74) is 0. The zero-order chi connectivity index (χ0) is 20.4. The first kappa shape index (κ1) is 26.4. The molecule has 2 aliphatic heterocycles. The highest BCUT2D eigenvalue weighted by Crippen LogP contribution is 2.21. The van der Waals surface area contributed by atoms with Crippen LogP contribution in [0.1, 0.15) is 46.5 Å². The molecule has 2 heterocycles. The molecule has 1 unspecified atom stereocenters. The van der Waals surface area contributed by atoms with Gasteiger partial charge in [0.25, 0.3) is 0 Å². The van der Waals surface area contributed by atoms with Gasteiger partial charge in [0.15, 0.2) is 5.96 Å². The summed E-state index contributed by atoms with van der Waals surface area (Å²) in [6, 6.07) is 0.493. The first-order valence-corrected chi connectivity index (χ1v) is 11.1. The average Bonchev–Trinajstić information content (AvgIpc) is 2.74. The molecule has 2 aliphatic rings. The fraction of sp³-hybridized carbons (Fsp3) is 0.905. The number of piperidine rings is 1. The standard InChI is InChI=1S/C21H40N4O3.HI/c1-5-17(6-2)19(24-12-14-27-15-13-24)16-23-21(22-4)25-10-8-18(9-11-25)20(26)28-7-3;/h17-19H,5-16H2,1-4H3,(H,22,23);1H. The van der Waals surface area contributed by atoms with Crippen LogP contribution in [-0.4, -0.2) is 87.4 Å². The Balaban J connectivity index is 0.00000420. The van der Waals surface area contributed by atoms with Gasteiger partial charge in [0.2, 0.25) is 0 Å². The molecule has 0 aliphatic carbocycles. The minimum Gasteiger partial charge on any atom is -0.466 e. The van der Waals surface area contributed by atoms with E-state index in [1.54, 1.807) is 0 Å². The number of hydrogen-bond donors (Lipinski definition) is 1. The van der Waals surface area contributed by atoms with Gasteiger partial charge in [0.1, 0.15) is 0 Å². The highest BCUT2D eigenvalue weighted by molar-refractivity contribution is 14.0. The number of ether oxygens (including phenoxy) is 2. The van der Waals surface area contributed by atoms with E-state index in [-0.39, 0.29) is 35.9 Å². The van der Waals surface area contributed by atoms with Gasteiger partial charge in [-0.25, -0.2) is 0 Å². The Bertz CT molecular complexity index is 488. The third-order valence-electron chi connectivity index (χ3n) is 6.20. The van der Waals surface area contributed by atoms with Crippen molar-refractivity contribution in [3.8, 4) is 0 Å². The lowest BCUT2D eigenvalue weighted by Crippen LogP contribution is -2.54. The van der Waals surface area contributed by atoms with Gasteiger partial charge in [-0.1, -0.05) is 26.7 Å². The molecule has 2 fully saturated rings. The molecule has 1 N–H and O–H groups in total. The fourth-order valence-corrected chi connectivity index (χ4v) is 4.45. The maximum Gasteiger partial charge on any atom is 0.309 e. The van der Waals surface area contributed by atoms with Gasteiger partial charge in [-0.2, -0.15) is 0 Å². The third kappa shape index (κ3) is 7.86. The monoisotopic (exact) mass is 524 g/mol. The van der Waals surface area contributed by atoms with E-state index in [1.165, 1.54) is 12.8 Å². The normalized spacial score (nSPS) is 20.3. The fourth-order valence-electron chi connectivity index (χ4n) is 4.45. The largest absolute Gasteiger partial charge is 0.466 e. The van der Waals surface area contributed by atoms with Crippen molar-refractivity contribution in [2.75, 3.05) is 59.6 Å². The zero-order valence-corrected chi connectivity index (χ0v) is 21.0. The first-order chi connectivity index (χ1) is 13.6. The van der Waals surface area contributed by atoms with Crippen molar-refractivity contribution in [2.24, 2.45) is 16.8 Å². The lowest BCUT2D eigenvalue weighted by Gasteiger charge is -2.40. The second-order valence-corrected chi connectivity index (χ2v) is 7.73. The average molecular weight is 524 g/mol. The molecule has 0 saturated carbocycles. The maximum absolute atomic E-state index is 12.0. The molecular formula is C21H41IN4O3. The summed E-state index contributed by atoms with van der Waals surface area (Å²) >= 11 is 0. The number of nitrogens with one attached hydrogen (secondary N) is 1. The van der Waals surface area contributed by atoms with Gasteiger partial charge in [-0.05, 0) is 25.7 Å². The highest BCUT2D eigenvalue weighted by atomic mass is 127. The van der Waals surface area contributed by atoms with Crippen molar-refractivity contribution in [1.82, 2.24) is 15.1 Å². The van der Waals surface area contributed by atoms with Crippen molar-refractivity contribution in [2.45, 2.75) is 52.5 Å². The zero-order valence-electron chi connectivity index (χ0n) is 18.7. The maximum atomic E-state index is 12.0. The second-order valence-electron chi connectivity index (χ2n) is 7.73. The number of hydrogen-bond acceptors (Lipinski definition) is 5. The molecule has 0 aromatic carbocycles. The smallest absolute Gasteiger partial charge is 0.309 e. The quantitative estimate of drug-likeness (QED) is 0.228. The van der Waals surface area contributed by atoms with E-state index >= 15 is 0 Å². The number of morpholine rings is 1. The molecule has 0 aromatic heterocycles. The SMILES string of the molecule is CCOC(=O)C1CCN(C(=NC)NCC(C(CC)CC)N2CCOCC2)CC1.I. The number of aliphatic imine (C=N–C) groups is 1. The molecule has 2 rings (SSSR count). The molecule has 8 heteroatoms. The number of carbonyl (C=O) groups is 1. The molecule has 0 bridgehead atoms. The van der Waals surface area contributed by atoms with Crippen LogP contribution in [0.4, 0.5) is 0 Å². The lowest BCUT2D eigenvalue weighted by atomic mass is 9.92. The number of esters is 1. The van der Waals surface area contributed by atoms with Crippen LogP contribution < -0.4 is 5.32 Å². The van der Waals surface area contributed by atoms with Crippen LogP contribution in [0.25, 0.3) is 0 Å². The van der Waals surface area contributed by atoms with Gasteiger partial charge in [-0.3, -0.25) is 14.7 Å². The Hall–Kier alpha value is -0.610. The molecule has 1 atom stereocenters. The van der Waals surface area contributed by atoms with Gasteiger partial charge >= 0.3 is 5.97 Å². The number of halogens is 1. The van der Waals surface area contributed by atoms with Crippen molar-refractivity contribution in [3.63, 3.8) is 0 Å². The number of nitrogens with zero attached hydrogens (tertiary/aromatic N) is 3. The van der Waals surface area contributed by atoms with E-state index < -0.39 is 0 Å². The van der Waals surface area contributed by atoms with Crippen LogP contribution >= 0.6 is 24.0 Å². The Kier molecular flexibility index (Phi) is 13.1. The van der Waals surface area contributed by atoms with E-state index in [0.29, 0.717) is 18.6 Å². The van der Waals surface area contributed by atoms with Gasteiger partial charge < -0.3 is 19.7 Å². The molecular weight excluding hydrogens is 483 g/mol. The molecule has 170 valence electrons. The van der Waals surface area contributed by atoms with Crippen LogP contribution in [0, 0.1) is 11.8 Å². The van der Waals surface area contributed by atoms with Crippen LogP contribution in [0.5, 0.6) is 0 Å². The number of likely N-dealkylation sites (tertiary alicyclic amines) is 1. The van der Waals surface area contributed by atoms with Crippen LogP contribution in [0.3, 0.4) is 0 Å². The van der Waals surface area contributed by atoms with Crippen molar-refractivity contribution in [1.29, 1.82) is 0 Å². The summed E-state index contributed by atoms with van der Waals surface area (Å²) in [5.74, 6) is 1.59. The van der Waals surface area contributed by atoms with Crippen molar-refractivity contribution in [3.05, 3.63) is 0 Å². The molecule has 2 saturated heterocycles. The predicted octanol–water partition coefficient (Wildman–Crippen LogP) is 2.59. The van der Waals surface area contributed by atoms with E-state index in [9.17, 15) is 4.79 Å². The van der Waals surface area contributed by atoms with Crippen LogP contribution in [0.2, 0.25) is 0 Å². The van der Waals surface area contributed by atoms with Crippen LogP contribution in [-0.2, 0) is 14.3 Å². The molecule has 0 spiro atoms. The molecule has 29 heavy (non-hydrogen) atoms. The molecule has 0 amide bonds. The Morgan fingerprint density at radius 3 is 2.28 bits per heavy atom. The van der Waals surface area contributed by atoms with E-state index in [1.807, 2.05) is 14.0 Å². The van der Waals surface area contributed by atoms with Gasteiger partial charge in [-0.15, -0.1) is 24.0 Å². The van der Waals surface area contributed by atoms with Crippen molar-refractivity contribution < 1.29 is 14.3 Å². The minimum absolute atomic E-state index is 0. The Morgan fingerprint density at radius 2 is 1.76 bits per heavy atom. The van der Waals surface area contributed by atoms with Crippen molar-refractivity contribution >= 4 is 35.9 Å². The Labute approximate surface area is 194 Å². The number of carbonyl (C=O) groups excluding carboxylic acids is 1. The second kappa shape index (κ2) is 14.4. The van der Waals surface area contributed by atoms with E-state index in [2.05, 4.69) is 34.0 Å². The summed E-state index contributed by atoms with van der Waals surface area (Å²) in [4.78, 5) is 21.3. The van der Waals surface area contributed by atoms with Gasteiger partial charge in [0, 0.05) is 45.8 Å². The molecule has 0 radical (unpaired) electrons. The molecule has 0 aromatic rings. The molecule has 7 nitrogen and oxygen atoms in total. The summed E-state index contributed by atoms with van der Waals surface area (Å²) in [5, 5.41) is 3.63. The summed E-state index contributed by atoms with van der Waals surface area (Å²) in [6.45, 7) is 13.2. The lowest BCUT2D eigenvalue weighted by molar-refractivity contribution is -0.149.